The summed E-state index contributed by atoms with van der Waals surface area (Å²) in [6.07, 6.45) is 48.0. The van der Waals surface area contributed by atoms with E-state index in [1.165, 1.54) is 173 Å². The third-order valence-electron chi connectivity index (χ3n) is 11.1. The van der Waals surface area contributed by atoms with Crippen molar-refractivity contribution >= 4 is 13.8 Å². The van der Waals surface area contributed by atoms with Gasteiger partial charge in [0.15, 0.2) is 0 Å². The van der Waals surface area contributed by atoms with Gasteiger partial charge < -0.3 is 27.9 Å². The first kappa shape index (κ1) is 57.2. The number of carbonyl (C=O) groups excluding carboxylic acids is 1. The van der Waals surface area contributed by atoms with E-state index < -0.39 is 13.9 Å². The van der Waals surface area contributed by atoms with Gasteiger partial charge in [-0.05, 0) is 38.5 Å². The fraction of sp³-hybridized carbons (Fsp3) is 0.939. The summed E-state index contributed by atoms with van der Waals surface area (Å²) in [5, 5.41) is 0. The van der Waals surface area contributed by atoms with Crippen LogP contribution in [0.2, 0.25) is 0 Å². The van der Waals surface area contributed by atoms with E-state index in [0.29, 0.717) is 24.1 Å². The van der Waals surface area contributed by atoms with E-state index in [9.17, 15) is 14.3 Å². The lowest BCUT2D eigenvalue weighted by molar-refractivity contribution is -0.870. The number of esters is 1. The second kappa shape index (κ2) is 42.9. The maximum Gasteiger partial charge on any atom is 0.306 e. The zero-order valence-electron chi connectivity index (χ0n) is 39.3. The first-order valence-electron chi connectivity index (χ1n) is 24.9. The molecule has 0 aliphatic heterocycles. The lowest BCUT2D eigenvalue weighted by Crippen LogP contribution is -2.37. The Morgan fingerprint density at radius 2 is 0.897 bits per heavy atom. The highest BCUT2D eigenvalue weighted by Crippen LogP contribution is 2.38. The van der Waals surface area contributed by atoms with Crippen molar-refractivity contribution in [2.45, 2.75) is 245 Å². The van der Waals surface area contributed by atoms with Crippen molar-refractivity contribution in [2.75, 3.05) is 54.1 Å². The quantitative estimate of drug-likeness (QED) is 0.0198. The summed E-state index contributed by atoms with van der Waals surface area (Å²) in [4.78, 5) is 25.1. The summed E-state index contributed by atoms with van der Waals surface area (Å²) in [6.45, 7) is 5.45. The van der Waals surface area contributed by atoms with E-state index in [0.717, 1.165) is 44.9 Å². The number of allylic oxidation sites excluding steroid dienone is 2. The van der Waals surface area contributed by atoms with Crippen LogP contribution in [0.3, 0.4) is 0 Å². The first-order chi connectivity index (χ1) is 28.1. The molecule has 0 fully saturated rings. The number of ether oxygens (including phenoxy) is 2. The molecule has 0 rings (SSSR count). The van der Waals surface area contributed by atoms with E-state index >= 15 is 0 Å². The van der Waals surface area contributed by atoms with Crippen LogP contribution in [-0.2, 0) is 27.9 Å². The van der Waals surface area contributed by atoms with Crippen molar-refractivity contribution in [3.63, 3.8) is 0 Å². The smallest absolute Gasteiger partial charge is 0.306 e. The summed E-state index contributed by atoms with van der Waals surface area (Å²) in [5.74, 6) is -0.337. The number of unbranched alkanes of at least 4 members (excludes halogenated alkanes) is 31. The van der Waals surface area contributed by atoms with Gasteiger partial charge in [-0.15, -0.1) is 0 Å². The van der Waals surface area contributed by atoms with Gasteiger partial charge in [0.05, 0.1) is 34.4 Å². The van der Waals surface area contributed by atoms with Crippen LogP contribution in [0.15, 0.2) is 12.2 Å². The number of quaternary nitrogens is 1. The average Bonchev–Trinajstić information content (AvgIpc) is 3.18. The Balaban J connectivity index is 4.10. The van der Waals surface area contributed by atoms with Crippen LogP contribution in [0, 0.1) is 0 Å². The number of phosphoric acid groups is 1. The minimum absolute atomic E-state index is 0.0280. The molecule has 9 heteroatoms. The monoisotopic (exact) mass is 844 g/mol. The van der Waals surface area contributed by atoms with Crippen LogP contribution in [-0.4, -0.2) is 70.7 Å². The molecule has 0 aromatic heterocycles. The molecule has 2 unspecified atom stereocenters. The van der Waals surface area contributed by atoms with Crippen LogP contribution in [0.1, 0.15) is 239 Å². The minimum atomic E-state index is -4.52. The predicted molar refractivity (Wildman–Crippen MR) is 245 cm³/mol. The van der Waals surface area contributed by atoms with Crippen LogP contribution in [0.5, 0.6) is 0 Å². The third kappa shape index (κ3) is 46.3. The number of nitrogens with zero attached hydrogens (tertiary/aromatic N) is 1. The van der Waals surface area contributed by atoms with Gasteiger partial charge in [-0.1, -0.05) is 206 Å². The van der Waals surface area contributed by atoms with Crippen molar-refractivity contribution in [3.8, 4) is 0 Å². The highest BCUT2D eigenvalue weighted by atomic mass is 31.2. The Morgan fingerprint density at radius 1 is 0.517 bits per heavy atom. The number of carbonyl (C=O) groups is 1. The third-order valence-corrected chi connectivity index (χ3v) is 12.0. The van der Waals surface area contributed by atoms with Crippen molar-refractivity contribution in [1.82, 2.24) is 0 Å². The normalized spacial score (nSPS) is 13.7. The fourth-order valence-corrected chi connectivity index (χ4v) is 7.92. The highest BCUT2D eigenvalue weighted by Gasteiger charge is 2.20. The summed E-state index contributed by atoms with van der Waals surface area (Å²) in [5.41, 5.74) is 0. The van der Waals surface area contributed by atoms with Crippen LogP contribution < -0.4 is 4.89 Å². The summed E-state index contributed by atoms with van der Waals surface area (Å²) < 4.78 is 34.7. The maximum absolute atomic E-state index is 12.7. The molecular weight excluding hydrogens is 746 g/mol. The van der Waals surface area contributed by atoms with E-state index in [-0.39, 0.29) is 25.8 Å². The molecule has 0 amide bonds. The Morgan fingerprint density at radius 3 is 1.31 bits per heavy atom. The number of phosphoric ester groups is 1. The molecule has 0 saturated heterocycles. The van der Waals surface area contributed by atoms with E-state index in [4.69, 9.17) is 18.5 Å². The molecule has 0 spiro atoms. The molecule has 0 aliphatic rings. The zero-order valence-corrected chi connectivity index (χ0v) is 40.2. The first-order valence-corrected chi connectivity index (χ1v) is 26.4. The standard InChI is InChI=1S/C49H98NO7P/c1-6-8-10-12-14-16-18-20-22-23-24-25-26-27-29-31-33-35-37-39-41-44-54-46-48(47-56-58(52,53)55-45-43-50(3,4)5)57-49(51)42-40-38-36-34-32-30-28-21-19-17-15-13-11-9-7-2/h21,28,48H,6-20,22-27,29-47H2,1-5H3/b28-21-. The molecule has 0 aliphatic carbocycles. The van der Waals surface area contributed by atoms with Crippen molar-refractivity contribution in [2.24, 2.45) is 0 Å². The molecule has 0 bridgehead atoms. The van der Waals surface area contributed by atoms with E-state index in [2.05, 4.69) is 26.0 Å². The second-order valence-corrected chi connectivity index (χ2v) is 19.6. The number of likely N-dealkylation sites (N-methyl/N-ethyl adjacent to an activating group) is 1. The Hall–Kier alpha value is -0.760. The van der Waals surface area contributed by atoms with Gasteiger partial charge in [0.25, 0.3) is 7.82 Å². The highest BCUT2D eigenvalue weighted by molar-refractivity contribution is 7.45. The van der Waals surface area contributed by atoms with Gasteiger partial charge in [-0.3, -0.25) is 9.36 Å². The summed E-state index contributed by atoms with van der Waals surface area (Å²) in [7, 11) is 1.37. The molecule has 2 atom stereocenters. The SMILES string of the molecule is CCCCCCCC/C=C\CCCCCCCC(=O)OC(COCCCCCCCCCCCCCCCCCCCCCCC)COP(=O)([O-])OCC[N+](C)(C)C. The fourth-order valence-electron chi connectivity index (χ4n) is 7.19. The average molecular weight is 844 g/mol. The van der Waals surface area contributed by atoms with Gasteiger partial charge in [-0.2, -0.15) is 0 Å². The molecule has 8 nitrogen and oxygen atoms in total. The minimum Gasteiger partial charge on any atom is -0.756 e. The van der Waals surface area contributed by atoms with Crippen molar-refractivity contribution in [1.29, 1.82) is 0 Å². The molecule has 0 aromatic carbocycles. The molecule has 0 saturated carbocycles. The molecule has 346 valence electrons. The van der Waals surface area contributed by atoms with Crippen LogP contribution in [0.4, 0.5) is 0 Å². The Bertz CT molecular complexity index is 940. The molecule has 0 heterocycles. The van der Waals surface area contributed by atoms with Gasteiger partial charge in [-0.25, -0.2) is 0 Å². The Kier molecular flexibility index (Phi) is 42.3. The van der Waals surface area contributed by atoms with Crippen molar-refractivity contribution in [3.05, 3.63) is 12.2 Å². The lowest BCUT2D eigenvalue weighted by atomic mass is 10.0. The van der Waals surface area contributed by atoms with Crippen LogP contribution in [0.25, 0.3) is 0 Å². The van der Waals surface area contributed by atoms with Gasteiger partial charge in [0, 0.05) is 13.0 Å². The summed E-state index contributed by atoms with van der Waals surface area (Å²) >= 11 is 0. The largest absolute Gasteiger partial charge is 0.756 e. The van der Waals surface area contributed by atoms with E-state index in [1.54, 1.807) is 0 Å². The number of hydrogen-bond donors (Lipinski definition) is 0. The van der Waals surface area contributed by atoms with Gasteiger partial charge >= 0.3 is 5.97 Å². The molecule has 0 radical (unpaired) electrons. The number of hydrogen-bond acceptors (Lipinski definition) is 7. The van der Waals surface area contributed by atoms with E-state index in [1.807, 2.05) is 21.1 Å². The maximum atomic E-state index is 12.7. The number of rotatable bonds is 47. The predicted octanol–water partition coefficient (Wildman–Crippen LogP) is 14.4. The molecule has 0 N–H and O–H groups in total. The van der Waals surface area contributed by atoms with Gasteiger partial charge in [0.1, 0.15) is 19.3 Å². The second-order valence-electron chi connectivity index (χ2n) is 18.2. The summed E-state index contributed by atoms with van der Waals surface area (Å²) in [6, 6.07) is 0. The zero-order chi connectivity index (χ0) is 42.7. The molecule has 58 heavy (non-hydrogen) atoms. The Labute approximate surface area is 360 Å². The topological polar surface area (TPSA) is 94.1 Å². The molecule has 0 aromatic rings. The lowest BCUT2D eigenvalue weighted by Gasteiger charge is -2.28. The van der Waals surface area contributed by atoms with Crippen LogP contribution >= 0.6 is 7.82 Å². The molecular formula is C49H98NO7P. The van der Waals surface area contributed by atoms with Gasteiger partial charge in [0.2, 0.25) is 0 Å². The van der Waals surface area contributed by atoms with Crippen molar-refractivity contribution < 1.29 is 37.3 Å².